The zero-order valence-corrected chi connectivity index (χ0v) is 13.0. The first-order valence-electron chi connectivity index (χ1n) is 7.26. The topological polar surface area (TPSA) is 77.1 Å². The summed E-state index contributed by atoms with van der Waals surface area (Å²) >= 11 is 0. The van der Waals surface area contributed by atoms with E-state index in [0.717, 1.165) is 10.8 Å². The highest BCUT2D eigenvalue weighted by atomic mass is 16.7. The maximum atomic E-state index is 11.5. The molecule has 0 spiro atoms. The predicted octanol–water partition coefficient (Wildman–Crippen LogP) is 2.10. The molecule has 24 heavy (non-hydrogen) atoms. The van der Waals surface area contributed by atoms with Gasteiger partial charge in [0.25, 0.3) is 0 Å². The number of methoxy groups -OCH3 is 2. The Balaban J connectivity index is 2.23. The number of hydrogen-bond acceptors (Lipinski definition) is 6. The van der Waals surface area contributed by atoms with Crippen molar-refractivity contribution >= 4 is 27.5 Å². The Kier molecular flexibility index (Phi) is 3.13. The van der Waals surface area contributed by atoms with E-state index in [1.165, 1.54) is 6.07 Å². The molecule has 0 atom stereocenters. The summed E-state index contributed by atoms with van der Waals surface area (Å²) in [6.07, 6.45) is 0. The second-order valence-electron chi connectivity index (χ2n) is 5.36. The minimum atomic E-state index is -1.27. The van der Waals surface area contributed by atoms with Crippen molar-refractivity contribution in [2.24, 2.45) is 0 Å². The van der Waals surface area contributed by atoms with E-state index in [-0.39, 0.29) is 12.4 Å². The van der Waals surface area contributed by atoms with Gasteiger partial charge in [0.1, 0.15) is 11.5 Å². The second-order valence-corrected chi connectivity index (χ2v) is 5.36. The van der Waals surface area contributed by atoms with Gasteiger partial charge in [0, 0.05) is 27.8 Å². The number of carboxylic acid groups (broad SMARTS) is 1. The van der Waals surface area contributed by atoms with Gasteiger partial charge in [-0.05, 0) is 23.6 Å². The number of carbonyl (C=O) groups is 1. The molecule has 122 valence electrons. The Labute approximate surface area is 137 Å². The summed E-state index contributed by atoms with van der Waals surface area (Å²) in [6, 6.07) is 8.56. The van der Waals surface area contributed by atoms with Crippen LogP contribution in [0.25, 0.3) is 21.5 Å². The lowest BCUT2D eigenvalue weighted by Gasteiger charge is -2.15. The van der Waals surface area contributed by atoms with Crippen LogP contribution in [-0.4, -0.2) is 27.0 Å². The largest absolute Gasteiger partial charge is 0.545 e. The van der Waals surface area contributed by atoms with Crippen LogP contribution in [0.3, 0.4) is 0 Å². The molecule has 0 aromatic heterocycles. The molecule has 6 nitrogen and oxygen atoms in total. The zero-order valence-electron chi connectivity index (χ0n) is 13.0. The molecule has 0 fully saturated rings. The lowest BCUT2D eigenvalue weighted by molar-refractivity contribution is -0.254. The maximum Gasteiger partial charge on any atom is 0.231 e. The number of ether oxygens (including phenoxy) is 4. The van der Waals surface area contributed by atoms with Gasteiger partial charge in [0.2, 0.25) is 6.79 Å². The van der Waals surface area contributed by atoms with Gasteiger partial charge in [-0.1, -0.05) is 6.07 Å². The van der Waals surface area contributed by atoms with Crippen LogP contribution in [0, 0.1) is 0 Å². The molecular formula is C18H13O6-. The molecule has 1 aliphatic heterocycles. The number of carboxylic acids is 1. The van der Waals surface area contributed by atoms with Crippen LogP contribution in [0.15, 0.2) is 30.3 Å². The minimum absolute atomic E-state index is 0.0401. The van der Waals surface area contributed by atoms with E-state index in [4.69, 9.17) is 18.9 Å². The number of carbonyl (C=O) groups excluding carboxylic acids is 1. The lowest BCUT2D eigenvalue weighted by atomic mass is 9.96. The molecule has 0 bridgehead atoms. The van der Waals surface area contributed by atoms with Gasteiger partial charge in [0.05, 0.1) is 20.2 Å². The molecule has 1 heterocycles. The summed E-state index contributed by atoms with van der Waals surface area (Å²) in [4.78, 5) is 11.5. The average molecular weight is 325 g/mol. The van der Waals surface area contributed by atoms with Crippen molar-refractivity contribution in [2.45, 2.75) is 0 Å². The molecule has 3 aromatic carbocycles. The molecule has 0 saturated carbocycles. The van der Waals surface area contributed by atoms with Crippen molar-refractivity contribution in [2.75, 3.05) is 21.0 Å². The summed E-state index contributed by atoms with van der Waals surface area (Å²) in [5, 5.41) is 14.3. The third-order valence-electron chi connectivity index (χ3n) is 4.18. The van der Waals surface area contributed by atoms with E-state index in [9.17, 15) is 9.90 Å². The van der Waals surface area contributed by atoms with E-state index in [2.05, 4.69) is 0 Å². The van der Waals surface area contributed by atoms with E-state index in [0.29, 0.717) is 33.8 Å². The van der Waals surface area contributed by atoms with Crippen LogP contribution in [-0.2, 0) is 0 Å². The smallest absolute Gasteiger partial charge is 0.231 e. The summed E-state index contributed by atoms with van der Waals surface area (Å²) in [5.74, 6) is 0.843. The molecule has 4 rings (SSSR count). The normalized spacial score (nSPS) is 12.6. The molecule has 0 saturated heterocycles. The standard InChI is InChI=1S/C18H14O6/c1-21-9-5-12-10(14(6-9)22-2)3-4-11-13(18(19)20)7-15-17(16(11)12)24-8-23-15/h3-7H,8H2,1-2H3,(H,19,20)/p-1. The van der Waals surface area contributed by atoms with Crippen molar-refractivity contribution in [1.29, 1.82) is 0 Å². The van der Waals surface area contributed by atoms with Gasteiger partial charge in [-0.3, -0.25) is 0 Å². The van der Waals surface area contributed by atoms with E-state index in [1.54, 1.807) is 26.4 Å². The third-order valence-corrected chi connectivity index (χ3v) is 4.18. The molecule has 0 N–H and O–H groups in total. The fourth-order valence-electron chi connectivity index (χ4n) is 3.10. The number of fused-ring (bicyclic) bond motifs is 5. The number of benzene rings is 3. The Hall–Kier alpha value is -3.15. The summed E-state index contributed by atoms with van der Waals surface area (Å²) in [5.41, 5.74) is 0.0536. The quantitative estimate of drug-likeness (QED) is 0.686. The summed E-state index contributed by atoms with van der Waals surface area (Å²) < 4.78 is 21.7. The van der Waals surface area contributed by atoms with Crippen molar-refractivity contribution in [3.8, 4) is 23.0 Å². The molecule has 1 aliphatic rings. The fourth-order valence-corrected chi connectivity index (χ4v) is 3.10. The molecule has 0 aliphatic carbocycles. The van der Waals surface area contributed by atoms with Crippen molar-refractivity contribution in [3.05, 3.63) is 35.9 Å². The molecule has 0 amide bonds. The van der Waals surface area contributed by atoms with Gasteiger partial charge < -0.3 is 28.8 Å². The van der Waals surface area contributed by atoms with Crippen LogP contribution in [0.5, 0.6) is 23.0 Å². The number of rotatable bonds is 3. The molecule has 0 radical (unpaired) electrons. The van der Waals surface area contributed by atoms with Crippen molar-refractivity contribution in [1.82, 2.24) is 0 Å². The lowest BCUT2D eigenvalue weighted by Crippen LogP contribution is -2.22. The first-order valence-corrected chi connectivity index (χ1v) is 7.26. The number of aromatic carboxylic acids is 1. The SMILES string of the molecule is COc1cc(OC)c2ccc3c(C(=O)[O-])cc4c(c3c2c1)OCO4. The van der Waals surface area contributed by atoms with Gasteiger partial charge in [-0.25, -0.2) is 0 Å². The van der Waals surface area contributed by atoms with Crippen LogP contribution < -0.4 is 24.1 Å². The van der Waals surface area contributed by atoms with Crippen LogP contribution >= 0.6 is 0 Å². The molecule has 6 heteroatoms. The van der Waals surface area contributed by atoms with Gasteiger partial charge >= 0.3 is 0 Å². The Morgan fingerprint density at radius 1 is 1.04 bits per heavy atom. The molecular weight excluding hydrogens is 312 g/mol. The highest BCUT2D eigenvalue weighted by molar-refractivity contribution is 6.18. The Morgan fingerprint density at radius 2 is 1.83 bits per heavy atom. The highest BCUT2D eigenvalue weighted by Crippen LogP contribution is 2.46. The third kappa shape index (κ3) is 1.93. The van der Waals surface area contributed by atoms with Gasteiger partial charge in [0.15, 0.2) is 11.5 Å². The predicted molar refractivity (Wildman–Crippen MR) is 85.0 cm³/mol. The van der Waals surface area contributed by atoms with Crippen molar-refractivity contribution < 1.29 is 28.8 Å². The van der Waals surface area contributed by atoms with E-state index >= 15 is 0 Å². The first-order chi connectivity index (χ1) is 11.6. The maximum absolute atomic E-state index is 11.5. The Morgan fingerprint density at radius 3 is 2.54 bits per heavy atom. The average Bonchev–Trinajstić information content (AvgIpc) is 3.07. The fraction of sp³-hybridized carbons (Fsp3) is 0.167. The zero-order chi connectivity index (χ0) is 16.8. The monoisotopic (exact) mass is 325 g/mol. The van der Waals surface area contributed by atoms with Gasteiger partial charge in [-0.2, -0.15) is 0 Å². The van der Waals surface area contributed by atoms with Crippen LogP contribution in [0.4, 0.5) is 0 Å². The van der Waals surface area contributed by atoms with Crippen molar-refractivity contribution in [3.63, 3.8) is 0 Å². The molecule has 3 aromatic rings. The summed E-state index contributed by atoms with van der Waals surface area (Å²) in [6.45, 7) is 0.0401. The Bertz CT molecular complexity index is 992. The first kappa shape index (κ1) is 14.4. The highest BCUT2D eigenvalue weighted by Gasteiger charge is 2.23. The summed E-state index contributed by atoms with van der Waals surface area (Å²) in [7, 11) is 3.13. The number of hydrogen-bond donors (Lipinski definition) is 0. The van der Waals surface area contributed by atoms with Crippen LogP contribution in [0.1, 0.15) is 10.4 Å². The van der Waals surface area contributed by atoms with E-state index < -0.39 is 5.97 Å². The second kappa shape index (κ2) is 5.19. The van der Waals surface area contributed by atoms with Gasteiger partial charge in [-0.15, -0.1) is 0 Å². The molecule has 0 unspecified atom stereocenters. The van der Waals surface area contributed by atoms with E-state index in [1.807, 2.05) is 12.1 Å². The minimum Gasteiger partial charge on any atom is -0.545 e. The van der Waals surface area contributed by atoms with Crippen LogP contribution in [0.2, 0.25) is 0 Å².